The Bertz CT molecular complexity index is 1740. The van der Waals surface area contributed by atoms with Gasteiger partial charge in [-0.15, -0.1) is 0 Å². The molecule has 0 aromatic carbocycles. The molecule has 1 atom stereocenters. The molecule has 2 aromatic rings. The Morgan fingerprint density at radius 2 is 0.907 bits per heavy atom. The average Bonchev–Trinajstić information content (AvgIpc) is 3.69. The van der Waals surface area contributed by atoms with Gasteiger partial charge in [-0.25, -0.2) is 0 Å². The molecule has 7 heteroatoms. The molecule has 4 aliphatic heterocycles. The van der Waals surface area contributed by atoms with Crippen LogP contribution in [0.15, 0.2) is 43.7 Å². The molecule has 226 valence electrons. The maximum atomic E-state index is 8.21. The van der Waals surface area contributed by atoms with Crippen LogP contribution in [-0.4, -0.2) is 29.6 Å². The Labute approximate surface area is 271 Å². The number of aromatic nitrogens is 2. The van der Waals surface area contributed by atoms with Crippen LogP contribution in [0.3, 0.4) is 0 Å². The molecule has 0 amide bonds. The van der Waals surface area contributed by atoms with Crippen molar-refractivity contribution in [1.29, 1.82) is 0 Å². The van der Waals surface area contributed by atoms with E-state index in [0.717, 1.165) is 74.2 Å². The van der Waals surface area contributed by atoms with E-state index in [0.29, 0.717) is 0 Å². The van der Waals surface area contributed by atoms with Gasteiger partial charge in [0, 0.05) is 0 Å². The van der Waals surface area contributed by atoms with Crippen molar-refractivity contribution in [2.75, 3.05) is 0 Å². The summed E-state index contributed by atoms with van der Waals surface area (Å²) in [6.07, 6.45) is 17.0. The molecule has 4 aliphatic rings. The molecule has 6 rings (SSSR count). The van der Waals surface area contributed by atoms with Crippen molar-refractivity contribution in [1.82, 2.24) is 6.97 Å². The standard InChI is InChI=1S/C36H44AsBrClN4/c1-9-21-22(10-2)30-18-34-27(15-7)28(16-8)36-20-32-24(12-4)23(11-3)31(41-32)19-35-26(14-6)25(13-5)33(17-29(21)40-30)42(35)37(38,39)43(34)36/h17-20H,9-16H2,1-8H3/q+1. The Balaban J connectivity index is 1.96. The molecule has 2 aromatic heterocycles. The zero-order valence-electron chi connectivity index (χ0n) is 27.0. The summed E-state index contributed by atoms with van der Waals surface area (Å²) in [5, 5.41) is 2.41. The summed E-state index contributed by atoms with van der Waals surface area (Å²) in [5.41, 5.74) is 17.7. The van der Waals surface area contributed by atoms with E-state index in [9.17, 15) is 0 Å². The molecular formula is C36H44AsBrClN4+. The van der Waals surface area contributed by atoms with Crippen LogP contribution in [-0.2, 0) is 25.7 Å². The van der Waals surface area contributed by atoms with E-state index in [4.69, 9.17) is 19.9 Å². The molecule has 0 saturated carbocycles. The van der Waals surface area contributed by atoms with Crippen molar-refractivity contribution in [3.63, 3.8) is 0 Å². The van der Waals surface area contributed by atoms with E-state index < -0.39 is 11.2 Å². The van der Waals surface area contributed by atoms with Crippen LogP contribution in [0.4, 0.5) is 0 Å². The molecule has 1 unspecified atom stereocenters. The Hall–Kier alpha value is -2.07. The summed E-state index contributed by atoms with van der Waals surface area (Å²) >= 11 is 0.763. The fourth-order valence-electron chi connectivity index (χ4n) is 7.89. The van der Waals surface area contributed by atoms with Crippen molar-refractivity contribution in [3.8, 4) is 0 Å². The normalized spacial score (nSPS) is 20.5. The molecule has 0 saturated heterocycles. The van der Waals surface area contributed by atoms with E-state index in [1.54, 1.807) is 0 Å². The molecule has 43 heavy (non-hydrogen) atoms. The number of fused-ring (bicyclic) bond motifs is 2. The quantitative estimate of drug-likeness (QED) is 0.246. The number of halogens is 2. The molecular weight excluding hydrogens is 679 g/mol. The third-order valence-electron chi connectivity index (χ3n) is 9.73. The van der Waals surface area contributed by atoms with Gasteiger partial charge in [0.2, 0.25) is 0 Å². The molecule has 6 bridgehead atoms. The summed E-state index contributed by atoms with van der Waals surface area (Å²) in [4.78, 5) is 10.8. The van der Waals surface area contributed by atoms with Crippen molar-refractivity contribution in [2.24, 2.45) is 9.98 Å². The maximum absolute atomic E-state index is 8.21. The Morgan fingerprint density at radius 3 is 1.23 bits per heavy atom. The monoisotopic (exact) mass is 721 g/mol. The number of aliphatic imine (C=N–C) groups is 2. The zero-order valence-corrected chi connectivity index (χ0v) is 31.2. The first kappa shape index (κ1) is 30.9. The fraction of sp³-hybridized carbons (Fsp3) is 0.444. The Morgan fingerprint density at radius 1 is 0.535 bits per heavy atom. The molecule has 0 fully saturated rings. The third kappa shape index (κ3) is 4.43. The Kier molecular flexibility index (Phi) is 8.41. The summed E-state index contributed by atoms with van der Waals surface area (Å²) in [5.74, 6) is 0. The van der Waals surface area contributed by atoms with E-state index in [1.807, 2.05) is 0 Å². The van der Waals surface area contributed by atoms with Gasteiger partial charge in [-0.05, 0) is 0 Å². The van der Waals surface area contributed by atoms with E-state index in [1.165, 1.54) is 66.6 Å². The van der Waals surface area contributed by atoms with E-state index >= 15 is 0 Å². The number of rotatable bonds is 8. The predicted molar refractivity (Wildman–Crippen MR) is 192 cm³/mol. The van der Waals surface area contributed by atoms with Crippen LogP contribution in [0.2, 0.25) is 0 Å². The first-order valence-corrected chi connectivity index (χ1v) is 24.9. The molecule has 0 N–H and O–H groups in total. The van der Waals surface area contributed by atoms with Gasteiger partial charge in [0.15, 0.2) is 0 Å². The van der Waals surface area contributed by atoms with Crippen LogP contribution in [0.1, 0.15) is 115 Å². The van der Waals surface area contributed by atoms with Gasteiger partial charge in [0.05, 0.1) is 0 Å². The number of hydrogen-bond acceptors (Lipinski definition) is 2. The number of nitrogens with zero attached hydrogens (tertiary/aromatic N) is 4. The van der Waals surface area contributed by atoms with Crippen molar-refractivity contribution >= 4 is 70.8 Å². The number of allylic oxidation sites excluding steroid dienone is 4. The second-order valence-electron chi connectivity index (χ2n) is 11.6. The van der Waals surface area contributed by atoms with Crippen LogP contribution in [0.5, 0.6) is 0 Å². The summed E-state index contributed by atoms with van der Waals surface area (Å²) in [6, 6.07) is 0. The first-order valence-electron chi connectivity index (χ1n) is 16.3. The minimum atomic E-state index is -3.63. The number of hydrogen-bond donors (Lipinski definition) is 0. The predicted octanol–water partition coefficient (Wildman–Crippen LogP) is 8.42. The molecule has 0 aliphatic carbocycles. The van der Waals surface area contributed by atoms with Crippen LogP contribution in [0.25, 0.3) is 24.3 Å². The van der Waals surface area contributed by atoms with Crippen LogP contribution >= 0.6 is 23.9 Å². The van der Waals surface area contributed by atoms with Crippen molar-refractivity contribution in [3.05, 3.63) is 78.0 Å². The van der Waals surface area contributed by atoms with Gasteiger partial charge >= 0.3 is 273 Å². The van der Waals surface area contributed by atoms with Gasteiger partial charge < -0.3 is 0 Å². The summed E-state index contributed by atoms with van der Waals surface area (Å²) in [7, 11) is 8.21. The van der Waals surface area contributed by atoms with Gasteiger partial charge in [-0.2, -0.15) is 0 Å². The topological polar surface area (TPSA) is 34.6 Å². The van der Waals surface area contributed by atoms with Crippen LogP contribution < -0.4 is 10.7 Å². The summed E-state index contributed by atoms with van der Waals surface area (Å²) in [6.45, 7) is 18.2. The minimum absolute atomic E-state index is 0.933. The molecule has 6 heterocycles. The van der Waals surface area contributed by atoms with Crippen molar-refractivity contribution in [2.45, 2.75) is 107 Å². The first-order chi connectivity index (χ1) is 20.7. The average molecular weight is 723 g/mol. The van der Waals surface area contributed by atoms with Gasteiger partial charge in [0.25, 0.3) is 0 Å². The van der Waals surface area contributed by atoms with E-state index in [2.05, 4.69) is 101 Å². The van der Waals surface area contributed by atoms with Crippen LogP contribution in [0, 0.1) is 0 Å². The van der Waals surface area contributed by atoms with Gasteiger partial charge in [0.1, 0.15) is 0 Å². The third-order valence-corrected chi connectivity index (χ3v) is 18.4. The zero-order chi connectivity index (χ0) is 30.8. The van der Waals surface area contributed by atoms with Gasteiger partial charge in [-0.3, -0.25) is 0 Å². The molecule has 0 radical (unpaired) electrons. The van der Waals surface area contributed by atoms with E-state index in [-0.39, 0.29) is 0 Å². The van der Waals surface area contributed by atoms with Gasteiger partial charge in [-0.1, -0.05) is 0 Å². The molecule has 0 spiro atoms. The fourth-order valence-corrected chi connectivity index (χ4v) is 17.2. The molecule has 4 nitrogen and oxygen atoms in total. The summed E-state index contributed by atoms with van der Waals surface area (Å²) < 4.78 is 5.03. The second-order valence-corrected chi connectivity index (χ2v) is 24.9. The SMILES string of the molecule is CCC1=C(CC)C2=NC1=Cc1c(CC)c(CC)c3n1[As+](Cl)(Br)n1c(c(CC)c(CC)c1=CC1=NC(=C3)C(CC)=C1CC)=C2. The second kappa shape index (κ2) is 11.7. The van der Waals surface area contributed by atoms with Crippen molar-refractivity contribution < 1.29 is 0 Å².